The van der Waals surface area contributed by atoms with Crippen molar-refractivity contribution in [1.82, 2.24) is 14.8 Å². The molecule has 1 aromatic heterocycles. The number of carbonyl (C=O) groups excluding carboxylic acids is 1. The van der Waals surface area contributed by atoms with Gasteiger partial charge in [-0.1, -0.05) is 0 Å². The molecule has 1 N–H and O–H groups in total. The number of piperazine rings is 1. The summed E-state index contributed by atoms with van der Waals surface area (Å²) >= 11 is 1.42. The summed E-state index contributed by atoms with van der Waals surface area (Å²) in [6, 6.07) is 5.73. The first kappa shape index (κ1) is 17.5. The molecule has 1 aromatic carbocycles. The Kier molecular flexibility index (Phi) is 5.72. The SMILES string of the molecule is COc1ccc(OC)c(CN2CCN(C(=O)Nc3nccs3)CC2)c1. The van der Waals surface area contributed by atoms with E-state index in [0.717, 1.165) is 36.7 Å². The second-order valence-corrected chi connectivity index (χ2v) is 6.60. The summed E-state index contributed by atoms with van der Waals surface area (Å²) in [5.41, 5.74) is 1.09. The molecular weight excluding hydrogens is 340 g/mol. The standard InChI is InChI=1S/C17H22N4O3S/c1-23-14-3-4-15(24-2)13(11-14)12-20-6-8-21(9-7-20)17(22)19-16-18-5-10-25-16/h3-5,10-11H,6-9,12H2,1-2H3,(H,18,19,22). The van der Waals surface area contributed by atoms with Crippen LogP contribution in [0.5, 0.6) is 11.5 Å². The highest BCUT2D eigenvalue weighted by atomic mass is 32.1. The van der Waals surface area contributed by atoms with Crippen molar-refractivity contribution in [2.75, 3.05) is 45.7 Å². The van der Waals surface area contributed by atoms with Crippen LogP contribution in [0.4, 0.5) is 9.93 Å². The molecule has 134 valence electrons. The lowest BCUT2D eigenvalue weighted by Gasteiger charge is -2.34. The van der Waals surface area contributed by atoms with E-state index in [1.165, 1.54) is 11.3 Å². The Morgan fingerprint density at radius 3 is 2.68 bits per heavy atom. The Bertz CT molecular complexity index is 700. The predicted molar refractivity (Wildman–Crippen MR) is 97.5 cm³/mol. The van der Waals surface area contributed by atoms with Crippen LogP contribution in [0.15, 0.2) is 29.8 Å². The molecule has 1 aliphatic heterocycles. The molecule has 1 saturated heterocycles. The summed E-state index contributed by atoms with van der Waals surface area (Å²) in [4.78, 5) is 20.5. The first-order chi connectivity index (χ1) is 12.2. The number of thiazole rings is 1. The number of hydrogen-bond donors (Lipinski definition) is 1. The molecule has 0 atom stereocenters. The Balaban J connectivity index is 1.55. The average Bonchev–Trinajstić information content (AvgIpc) is 3.15. The largest absolute Gasteiger partial charge is 0.497 e. The van der Waals surface area contributed by atoms with E-state index in [2.05, 4.69) is 15.2 Å². The highest BCUT2D eigenvalue weighted by molar-refractivity contribution is 7.13. The van der Waals surface area contributed by atoms with Crippen LogP contribution < -0.4 is 14.8 Å². The number of benzene rings is 1. The van der Waals surface area contributed by atoms with Gasteiger partial charge < -0.3 is 14.4 Å². The molecule has 0 radical (unpaired) electrons. The maximum absolute atomic E-state index is 12.2. The summed E-state index contributed by atoms with van der Waals surface area (Å²) in [6.45, 7) is 3.76. The minimum absolute atomic E-state index is 0.0893. The Labute approximate surface area is 151 Å². The van der Waals surface area contributed by atoms with Crippen LogP contribution in [-0.4, -0.2) is 61.2 Å². The second-order valence-electron chi connectivity index (χ2n) is 5.71. The number of methoxy groups -OCH3 is 2. The van der Waals surface area contributed by atoms with Crippen molar-refractivity contribution in [3.05, 3.63) is 35.3 Å². The molecule has 7 nitrogen and oxygen atoms in total. The molecule has 1 aliphatic rings. The molecule has 8 heteroatoms. The van der Waals surface area contributed by atoms with E-state index < -0.39 is 0 Å². The van der Waals surface area contributed by atoms with E-state index in [-0.39, 0.29) is 6.03 Å². The van der Waals surface area contributed by atoms with Gasteiger partial charge in [-0.15, -0.1) is 11.3 Å². The van der Waals surface area contributed by atoms with Gasteiger partial charge in [-0.3, -0.25) is 10.2 Å². The quantitative estimate of drug-likeness (QED) is 0.885. The fraction of sp³-hybridized carbons (Fsp3) is 0.412. The van der Waals surface area contributed by atoms with Crippen LogP contribution in [0.25, 0.3) is 0 Å². The monoisotopic (exact) mass is 362 g/mol. The number of nitrogens with zero attached hydrogens (tertiary/aromatic N) is 3. The van der Waals surface area contributed by atoms with Gasteiger partial charge in [-0.25, -0.2) is 9.78 Å². The number of nitrogens with one attached hydrogen (secondary N) is 1. The molecule has 3 rings (SSSR count). The topological polar surface area (TPSA) is 66.9 Å². The van der Waals surface area contributed by atoms with E-state index in [0.29, 0.717) is 18.2 Å². The molecule has 0 saturated carbocycles. The molecule has 1 fully saturated rings. The number of amides is 2. The average molecular weight is 362 g/mol. The lowest BCUT2D eigenvalue weighted by molar-refractivity contribution is 0.142. The van der Waals surface area contributed by atoms with E-state index >= 15 is 0 Å². The number of anilines is 1. The molecule has 0 spiro atoms. The summed E-state index contributed by atoms with van der Waals surface area (Å²) < 4.78 is 10.7. The van der Waals surface area contributed by atoms with Gasteiger partial charge in [-0.2, -0.15) is 0 Å². The number of aromatic nitrogens is 1. The van der Waals surface area contributed by atoms with Crippen molar-refractivity contribution >= 4 is 22.5 Å². The number of rotatable bonds is 5. The van der Waals surface area contributed by atoms with Crippen molar-refractivity contribution in [2.24, 2.45) is 0 Å². The van der Waals surface area contributed by atoms with E-state index in [4.69, 9.17) is 9.47 Å². The molecular formula is C17H22N4O3S. The third-order valence-electron chi connectivity index (χ3n) is 4.19. The summed E-state index contributed by atoms with van der Waals surface area (Å²) in [5, 5.41) is 5.30. The number of hydrogen-bond acceptors (Lipinski definition) is 6. The Morgan fingerprint density at radius 2 is 2.04 bits per heavy atom. The number of carbonyl (C=O) groups is 1. The second kappa shape index (κ2) is 8.17. The van der Waals surface area contributed by atoms with Crippen LogP contribution in [0.1, 0.15) is 5.56 Å². The zero-order chi connectivity index (χ0) is 17.6. The van der Waals surface area contributed by atoms with Gasteiger partial charge in [0.2, 0.25) is 0 Å². The summed E-state index contributed by atoms with van der Waals surface area (Å²) in [7, 11) is 3.33. The molecule has 2 aromatic rings. The molecule has 0 aliphatic carbocycles. The maximum Gasteiger partial charge on any atom is 0.323 e. The summed E-state index contributed by atoms with van der Waals surface area (Å²) in [5.74, 6) is 1.67. The molecule has 25 heavy (non-hydrogen) atoms. The third-order valence-corrected chi connectivity index (χ3v) is 4.88. The van der Waals surface area contributed by atoms with Crippen molar-refractivity contribution < 1.29 is 14.3 Å². The number of ether oxygens (including phenoxy) is 2. The summed E-state index contributed by atoms with van der Waals surface area (Å²) in [6.07, 6.45) is 1.68. The molecule has 0 unspecified atom stereocenters. The van der Waals surface area contributed by atoms with Gasteiger partial charge in [0.1, 0.15) is 11.5 Å². The molecule has 2 heterocycles. The van der Waals surface area contributed by atoms with E-state index in [1.54, 1.807) is 20.4 Å². The highest BCUT2D eigenvalue weighted by Crippen LogP contribution is 2.25. The highest BCUT2D eigenvalue weighted by Gasteiger charge is 2.22. The Hall–Kier alpha value is -2.32. The van der Waals surface area contributed by atoms with Gasteiger partial charge in [0, 0.05) is 49.9 Å². The molecule has 0 bridgehead atoms. The van der Waals surface area contributed by atoms with Crippen molar-refractivity contribution in [1.29, 1.82) is 0 Å². The zero-order valence-corrected chi connectivity index (χ0v) is 15.2. The van der Waals surface area contributed by atoms with Crippen molar-refractivity contribution in [2.45, 2.75) is 6.54 Å². The smallest absolute Gasteiger partial charge is 0.323 e. The maximum atomic E-state index is 12.2. The van der Waals surface area contributed by atoms with E-state index in [1.807, 2.05) is 28.5 Å². The van der Waals surface area contributed by atoms with Crippen LogP contribution in [0, 0.1) is 0 Å². The van der Waals surface area contributed by atoms with Gasteiger partial charge in [0.15, 0.2) is 5.13 Å². The van der Waals surface area contributed by atoms with Crippen molar-refractivity contribution in [3.63, 3.8) is 0 Å². The first-order valence-corrected chi connectivity index (χ1v) is 8.96. The lowest BCUT2D eigenvalue weighted by Crippen LogP contribution is -2.49. The minimum atomic E-state index is -0.0893. The fourth-order valence-electron chi connectivity index (χ4n) is 2.81. The van der Waals surface area contributed by atoms with Crippen molar-refractivity contribution in [3.8, 4) is 11.5 Å². The predicted octanol–water partition coefficient (Wildman–Crippen LogP) is 2.51. The first-order valence-electron chi connectivity index (χ1n) is 8.08. The fourth-order valence-corrected chi connectivity index (χ4v) is 3.33. The van der Waals surface area contributed by atoms with Crippen LogP contribution in [0.2, 0.25) is 0 Å². The third kappa shape index (κ3) is 4.40. The van der Waals surface area contributed by atoms with Gasteiger partial charge >= 0.3 is 6.03 Å². The van der Waals surface area contributed by atoms with Gasteiger partial charge in [-0.05, 0) is 18.2 Å². The van der Waals surface area contributed by atoms with Crippen LogP contribution in [-0.2, 0) is 6.54 Å². The van der Waals surface area contributed by atoms with Crippen LogP contribution >= 0.6 is 11.3 Å². The van der Waals surface area contributed by atoms with Gasteiger partial charge in [0.05, 0.1) is 14.2 Å². The van der Waals surface area contributed by atoms with Crippen LogP contribution in [0.3, 0.4) is 0 Å². The molecule has 2 amide bonds. The lowest BCUT2D eigenvalue weighted by atomic mass is 10.1. The Morgan fingerprint density at radius 1 is 1.24 bits per heavy atom. The van der Waals surface area contributed by atoms with E-state index in [9.17, 15) is 4.79 Å². The number of urea groups is 1. The zero-order valence-electron chi connectivity index (χ0n) is 14.4. The normalized spacial score (nSPS) is 15.0. The minimum Gasteiger partial charge on any atom is -0.497 e. The van der Waals surface area contributed by atoms with Gasteiger partial charge in [0.25, 0.3) is 0 Å².